The second kappa shape index (κ2) is 3.88. The van der Waals surface area contributed by atoms with Gasteiger partial charge in [0.05, 0.1) is 6.20 Å². The van der Waals surface area contributed by atoms with E-state index in [-0.39, 0.29) is 5.82 Å². The van der Waals surface area contributed by atoms with Crippen LogP contribution in [0.3, 0.4) is 0 Å². The quantitative estimate of drug-likeness (QED) is 0.822. The Labute approximate surface area is 94.7 Å². The van der Waals surface area contributed by atoms with Gasteiger partial charge in [0.1, 0.15) is 0 Å². The SMILES string of the molecule is CNc1ncc(F)c(NCC2CC2(C)C)n1. The second-order valence-electron chi connectivity index (χ2n) is 4.91. The van der Waals surface area contributed by atoms with Gasteiger partial charge in [-0.25, -0.2) is 9.37 Å². The van der Waals surface area contributed by atoms with Crippen molar-refractivity contribution in [3.8, 4) is 0 Å². The van der Waals surface area contributed by atoms with E-state index in [0.29, 0.717) is 17.3 Å². The Morgan fingerprint density at radius 2 is 2.25 bits per heavy atom. The molecule has 0 aromatic carbocycles. The van der Waals surface area contributed by atoms with Gasteiger partial charge in [0, 0.05) is 13.6 Å². The zero-order valence-electron chi connectivity index (χ0n) is 9.84. The predicted molar refractivity (Wildman–Crippen MR) is 61.9 cm³/mol. The number of anilines is 2. The predicted octanol–water partition coefficient (Wildman–Crippen LogP) is 2.12. The largest absolute Gasteiger partial charge is 0.367 e. The fourth-order valence-electron chi connectivity index (χ4n) is 1.76. The number of hydrogen-bond donors (Lipinski definition) is 2. The second-order valence-corrected chi connectivity index (χ2v) is 4.91. The molecule has 1 aliphatic carbocycles. The summed E-state index contributed by atoms with van der Waals surface area (Å²) in [5, 5.41) is 5.82. The van der Waals surface area contributed by atoms with Crippen molar-refractivity contribution in [2.45, 2.75) is 20.3 Å². The molecule has 1 aliphatic rings. The van der Waals surface area contributed by atoms with E-state index in [1.165, 1.54) is 12.6 Å². The Balaban J connectivity index is 1.98. The van der Waals surface area contributed by atoms with Crippen molar-refractivity contribution in [2.75, 3.05) is 24.2 Å². The highest BCUT2D eigenvalue weighted by atomic mass is 19.1. The summed E-state index contributed by atoms with van der Waals surface area (Å²) in [6.07, 6.45) is 2.37. The Bertz CT molecular complexity index is 392. The van der Waals surface area contributed by atoms with Gasteiger partial charge in [-0.2, -0.15) is 4.98 Å². The third-order valence-electron chi connectivity index (χ3n) is 3.20. The molecule has 2 rings (SSSR count). The lowest BCUT2D eigenvalue weighted by molar-refractivity contribution is 0.569. The van der Waals surface area contributed by atoms with E-state index in [9.17, 15) is 4.39 Å². The van der Waals surface area contributed by atoms with Gasteiger partial charge in [-0.1, -0.05) is 13.8 Å². The van der Waals surface area contributed by atoms with E-state index in [1.807, 2.05) is 0 Å². The fourth-order valence-corrected chi connectivity index (χ4v) is 1.76. The molecule has 1 heterocycles. The maximum atomic E-state index is 13.4. The summed E-state index contributed by atoms with van der Waals surface area (Å²) >= 11 is 0. The fraction of sp³-hybridized carbons (Fsp3) is 0.636. The maximum Gasteiger partial charge on any atom is 0.224 e. The van der Waals surface area contributed by atoms with Crippen molar-refractivity contribution >= 4 is 11.8 Å². The number of hydrogen-bond acceptors (Lipinski definition) is 4. The van der Waals surface area contributed by atoms with Crippen LogP contribution in [0.5, 0.6) is 0 Å². The first-order valence-electron chi connectivity index (χ1n) is 5.47. The molecule has 1 saturated carbocycles. The van der Waals surface area contributed by atoms with Crippen LogP contribution in [0.1, 0.15) is 20.3 Å². The number of aromatic nitrogens is 2. The number of nitrogens with one attached hydrogen (secondary N) is 2. The van der Waals surface area contributed by atoms with E-state index in [1.54, 1.807) is 7.05 Å². The molecule has 0 saturated heterocycles. The maximum absolute atomic E-state index is 13.4. The minimum absolute atomic E-state index is 0.280. The average Bonchev–Trinajstić information content (AvgIpc) is 2.85. The summed E-state index contributed by atoms with van der Waals surface area (Å²) in [4.78, 5) is 7.82. The van der Waals surface area contributed by atoms with Crippen LogP contribution in [0.4, 0.5) is 16.2 Å². The molecule has 1 aromatic rings. The molecule has 1 atom stereocenters. The van der Waals surface area contributed by atoms with Gasteiger partial charge < -0.3 is 10.6 Å². The third-order valence-corrected chi connectivity index (χ3v) is 3.20. The Kier molecular flexibility index (Phi) is 2.69. The monoisotopic (exact) mass is 224 g/mol. The molecule has 16 heavy (non-hydrogen) atoms. The topological polar surface area (TPSA) is 49.8 Å². The normalized spacial score (nSPS) is 21.6. The lowest BCUT2D eigenvalue weighted by Gasteiger charge is -2.08. The van der Waals surface area contributed by atoms with E-state index in [2.05, 4.69) is 34.4 Å². The highest BCUT2D eigenvalue weighted by Gasteiger charge is 2.45. The molecular formula is C11H17FN4. The van der Waals surface area contributed by atoms with Gasteiger partial charge in [-0.05, 0) is 17.8 Å². The summed E-state index contributed by atoms with van der Waals surface area (Å²) in [6.45, 7) is 5.20. The van der Waals surface area contributed by atoms with Crippen LogP contribution in [0.25, 0.3) is 0 Å². The Hall–Kier alpha value is -1.39. The highest BCUT2D eigenvalue weighted by Crippen LogP contribution is 2.51. The average molecular weight is 224 g/mol. The molecule has 4 nitrogen and oxygen atoms in total. The van der Waals surface area contributed by atoms with Gasteiger partial charge >= 0.3 is 0 Å². The zero-order valence-corrected chi connectivity index (χ0v) is 9.84. The van der Waals surface area contributed by atoms with Crippen LogP contribution < -0.4 is 10.6 Å². The van der Waals surface area contributed by atoms with Crippen molar-refractivity contribution in [1.29, 1.82) is 0 Å². The van der Waals surface area contributed by atoms with E-state index in [4.69, 9.17) is 0 Å². The molecule has 1 fully saturated rings. The lowest BCUT2D eigenvalue weighted by atomic mass is 10.1. The van der Waals surface area contributed by atoms with E-state index >= 15 is 0 Å². The number of rotatable bonds is 4. The van der Waals surface area contributed by atoms with Crippen LogP contribution in [0.15, 0.2) is 6.20 Å². The standard InChI is InChI=1S/C11H17FN4/c1-11(2)4-7(11)5-14-9-8(12)6-15-10(13-3)16-9/h6-7H,4-5H2,1-3H3,(H2,13,14,15,16). The number of nitrogens with zero attached hydrogens (tertiary/aromatic N) is 2. The third kappa shape index (κ3) is 2.23. The molecule has 0 bridgehead atoms. The van der Waals surface area contributed by atoms with Crippen molar-refractivity contribution in [2.24, 2.45) is 11.3 Å². The summed E-state index contributed by atoms with van der Waals surface area (Å²) in [5.74, 6) is 0.915. The minimum atomic E-state index is -0.405. The van der Waals surface area contributed by atoms with Crippen LogP contribution in [-0.4, -0.2) is 23.6 Å². The van der Waals surface area contributed by atoms with Gasteiger partial charge in [0.2, 0.25) is 5.95 Å². The van der Waals surface area contributed by atoms with E-state index < -0.39 is 5.82 Å². The van der Waals surface area contributed by atoms with Gasteiger partial charge in [-0.15, -0.1) is 0 Å². The molecule has 5 heteroatoms. The van der Waals surface area contributed by atoms with Crippen LogP contribution in [0.2, 0.25) is 0 Å². The van der Waals surface area contributed by atoms with Crippen LogP contribution in [0, 0.1) is 17.2 Å². The highest BCUT2D eigenvalue weighted by molar-refractivity contribution is 5.41. The van der Waals surface area contributed by atoms with E-state index in [0.717, 1.165) is 6.54 Å². The van der Waals surface area contributed by atoms with Gasteiger partial charge in [0.15, 0.2) is 11.6 Å². The molecule has 0 aliphatic heterocycles. The van der Waals surface area contributed by atoms with Crippen molar-refractivity contribution < 1.29 is 4.39 Å². The van der Waals surface area contributed by atoms with Gasteiger partial charge in [0.25, 0.3) is 0 Å². The van der Waals surface area contributed by atoms with Crippen LogP contribution in [-0.2, 0) is 0 Å². The molecule has 1 aromatic heterocycles. The molecule has 0 spiro atoms. The van der Waals surface area contributed by atoms with Crippen molar-refractivity contribution in [1.82, 2.24) is 9.97 Å². The summed E-state index contributed by atoms with van der Waals surface area (Å²) in [6, 6.07) is 0. The summed E-state index contributed by atoms with van der Waals surface area (Å²) in [5.41, 5.74) is 0.391. The molecule has 88 valence electrons. The van der Waals surface area contributed by atoms with Crippen molar-refractivity contribution in [3.63, 3.8) is 0 Å². The molecule has 1 unspecified atom stereocenters. The first kappa shape index (κ1) is 11.1. The first-order valence-corrected chi connectivity index (χ1v) is 5.47. The Morgan fingerprint density at radius 3 is 2.81 bits per heavy atom. The minimum Gasteiger partial charge on any atom is -0.367 e. The molecule has 0 radical (unpaired) electrons. The Morgan fingerprint density at radius 1 is 1.56 bits per heavy atom. The van der Waals surface area contributed by atoms with Crippen molar-refractivity contribution in [3.05, 3.63) is 12.0 Å². The van der Waals surface area contributed by atoms with Crippen LogP contribution >= 0.6 is 0 Å². The van der Waals surface area contributed by atoms with Gasteiger partial charge in [-0.3, -0.25) is 0 Å². The molecule has 2 N–H and O–H groups in total. The summed E-state index contributed by atoms with van der Waals surface area (Å²) < 4.78 is 13.4. The number of halogens is 1. The smallest absolute Gasteiger partial charge is 0.224 e. The molecule has 0 amide bonds. The molecular weight excluding hydrogens is 207 g/mol. The lowest BCUT2D eigenvalue weighted by Crippen LogP contribution is -2.11. The summed E-state index contributed by atoms with van der Waals surface area (Å²) in [7, 11) is 1.71. The zero-order chi connectivity index (χ0) is 11.8. The first-order chi connectivity index (χ1) is 7.53.